The first-order chi connectivity index (χ1) is 17.1. The molecule has 4 aromatic rings. The van der Waals surface area contributed by atoms with Gasteiger partial charge in [0.15, 0.2) is 11.5 Å². The van der Waals surface area contributed by atoms with E-state index in [0.717, 1.165) is 34.2 Å². The SMILES string of the molecule is COc1cc2nccc(Cc3ccc(NS(=O)(=O)c4ccccc4OC(F)(F)F)cc3)c2cc1OC. The van der Waals surface area contributed by atoms with E-state index < -0.39 is 27.0 Å². The lowest BCUT2D eigenvalue weighted by atomic mass is 10.0. The zero-order valence-electron chi connectivity index (χ0n) is 19.2. The van der Waals surface area contributed by atoms with Gasteiger partial charge in [0.1, 0.15) is 10.6 Å². The number of anilines is 1. The number of nitrogens with zero attached hydrogens (tertiary/aromatic N) is 1. The van der Waals surface area contributed by atoms with E-state index in [2.05, 4.69) is 14.4 Å². The summed E-state index contributed by atoms with van der Waals surface area (Å²) in [5.41, 5.74) is 2.76. The average Bonchev–Trinajstić information content (AvgIpc) is 2.83. The first-order valence-electron chi connectivity index (χ1n) is 10.6. The van der Waals surface area contributed by atoms with Gasteiger partial charge in [-0.1, -0.05) is 24.3 Å². The molecule has 0 aliphatic rings. The normalized spacial score (nSPS) is 11.8. The summed E-state index contributed by atoms with van der Waals surface area (Å²) >= 11 is 0. The highest BCUT2D eigenvalue weighted by Crippen LogP contribution is 2.34. The standard InChI is InChI=1S/C25H21F3N2O5S/c1-33-22-14-19-17(11-12-29-20(19)15-23(22)34-2)13-16-7-9-18(10-8-16)30-36(31,32)24-6-4-3-5-21(24)35-25(26,27)28/h3-12,14-15,30H,13H2,1-2H3. The molecule has 1 N–H and O–H groups in total. The molecule has 4 rings (SSSR count). The Balaban J connectivity index is 1.56. The number of rotatable bonds is 8. The van der Waals surface area contributed by atoms with Crippen molar-refractivity contribution >= 4 is 26.6 Å². The van der Waals surface area contributed by atoms with Gasteiger partial charge >= 0.3 is 6.36 Å². The Morgan fingerprint density at radius 3 is 2.22 bits per heavy atom. The molecule has 36 heavy (non-hydrogen) atoms. The fourth-order valence-electron chi connectivity index (χ4n) is 3.69. The van der Waals surface area contributed by atoms with E-state index in [1.807, 2.05) is 12.1 Å². The van der Waals surface area contributed by atoms with E-state index in [1.54, 1.807) is 38.6 Å². The molecule has 0 saturated heterocycles. The monoisotopic (exact) mass is 518 g/mol. The molecule has 0 aliphatic heterocycles. The van der Waals surface area contributed by atoms with Gasteiger partial charge in [-0.25, -0.2) is 8.42 Å². The van der Waals surface area contributed by atoms with Gasteiger partial charge < -0.3 is 14.2 Å². The Morgan fingerprint density at radius 2 is 1.56 bits per heavy atom. The number of alkyl halides is 3. The van der Waals surface area contributed by atoms with Crippen molar-refractivity contribution in [1.82, 2.24) is 4.98 Å². The van der Waals surface area contributed by atoms with Gasteiger partial charge in [0.05, 0.1) is 19.7 Å². The Bertz CT molecular complexity index is 1490. The van der Waals surface area contributed by atoms with Crippen LogP contribution in [-0.4, -0.2) is 34.0 Å². The first kappa shape index (κ1) is 25.1. The van der Waals surface area contributed by atoms with Crippen LogP contribution in [0.15, 0.2) is 77.8 Å². The summed E-state index contributed by atoms with van der Waals surface area (Å²) in [7, 11) is -1.24. The summed E-state index contributed by atoms with van der Waals surface area (Å²) < 4.78 is 80.4. The Hall–Kier alpha value is -3.99. The molecule has 0 saturated carbocycles. The molecule has 0 radical (unpaired) electrons. The second-order valence-electron chi connectivity index (χ2n) is 7.67. The van der Waals surface area contributed by atoms with Crippen LogP contribution in [0.4, 0.5) is 18.9 Å². The number of para-hydroxylation sites is 1. The van der Waals surface area contributed by atoms with E-state index >= 15 is 0 Å². The zero-order valence-corrected chi connectivity index (χ0v) is 20.0. The highest BCUT2D eigenvalue weighted by Gasteiger charge is 2.34. The van der Waals surface area contributed by atoms with Gasteiger partial charge in [0.25, 0.3) is 10.0 Å². The molecule has 0 aliphatic carbocycles. The van der Waals surface area contributed by atoms with Crippen LogP contribution < -0.4 is 18.9 Å². The van der Waals surface area contributed by atoms with Crippen molar-refractivity contribution in [2.75, 3.05) is 18.9 Å². The fraction of sp³-hybridized carbons (Fsp3) is 0.160. The third-order valence-corrected chi connectivity index (χ3v) is 6.72. The fourth-order valence-corrected chi connectivity index (χ4v) is 4.87. The maximum absolute atomic E-state index is 12.8. The molecule has 1 heterocycles. The molecule has 1 aromatic heterocycles. The van der Waals surface area contributed by atoms with Crippen LogP contribution in [0.25, 0.3) is 10.9 Å². The number of pyridine rings is 1. The van der Waals surface area contributed by atoms with E-state index in [0.29, 0.717) is 17.9 Å². The summed E-state index contributed by atoms with van der Waals surface area (Å²) in [6, 6.07) is 16.6. The van der Waals surface area contributed by atoms with Crippen LogP contribution in [0.2, 0.25) is 0 Å². The number of aromatic nitrogens is 1. The predicted molar refractivity (Wildman–Crippen MR) is 128 cm³/mol. The second-order valence-corrected chi connectivity index (χ2v) is 9.32. The Morgan fingerprint density at radius 1 is 0.889 bits per heavy atom. The minimum atomic E-state index is -5.03. The molecule has 0 bridgehead atoms. The highest BCUT2D eigenvalue weighted by molar-refractivity contribution is 7.92. The molecule has 0 spiro atoms. The van der Waals surface area contributed by atoms with Crippen molar-refractivity contribution in [3.05, 3.63) is 84.1 Å². The molecule has 0 atom stereocenters. The van der Waals surface area contributed by atoms with Crippen molar-refractivity contribution in [2.45, 2.75) is 17.7 Å². The molecular formula is C25H21F3N2O5S. The van der Waals surface area contributed by atoms with Gasteiger partial charge in [-0.2, -0.15) is 0 Å². The third kappa shape index (κ3) is 5.62. The van der Waals surface area contributed by atoms with Gasteiger partial charge in [-0.15, -0.1) is 13.2 Å². The van der Waals surface area contributed by atoms with Crippen LogP contribution in [-0.2, 0) is 16.4 Å². The topological polar surface area (TPSA) is 86.8 Å². The zero-order chi connectivity index (χ0) is 25.9. The van der Waals surface area contributed by atoms with Crippen LogP contribution in [0.3, 0.4) is 0 Å². The Kier molecular flexibility index (Phi) is 6.93. The van der Waals surface area contributed by atoms with Crippen molar-refractivity contribution in [3.8, 4) is 17.2 Å². The number of halogens is 3. The lowest BCUT2D eigenvalue weighted by Gasteiger charge is -2.15. The lowest BCUT2D eigenvalue weighted by Crippen LogP contribution is -2.20. The largest absolute Gasteiger partial charge is 0.573 e. The van der Waals surface area contributed by atoms with Gasteiger partial charge in [-0.3, -0.25) is 9.71 Å². The number of nitrogens with one attached hydrogen (secondary N) is 1. The van der Waals surface area contributed by atoms with Crippen molar-refractivity contribution in [3.63, 3.8) is 0 Å². The van der Waals surface area contributed by atoms with Gasteiger partial charge in [-0.05, 0) is 53.9 Å². The van der Waals surface area contributed by atoms with Crippen LogP contribution >= 0.6 is 0 Å². The van der Waals surface area contributed by atoms with E-state index in [1.165, 1.54) is 24.3 Å². The quantitative estimate of drug-likeness (QED) is 0.330. The molecule has 0 amide bonds. The Labute approximate surface area is 205 Å². The number of hydrogen-bond acceptors (Lipinski definition) is 6. The van der Waals surface area contributed by atoms with Gasteiger partial charge in [0.2, 0.25) is 0 Å². The van der Waals surface area contributed by atoms with Crippen molar-refractivity contribution < 1.29 is 35.8 Å². The molecule has 3 aromatic carbocycles. The number of methoxy groups -OCH3 is 2. The molecular weight excluding hydrogens is 497 g/mol. The molecule has 188 valence electrons. The molecule has 7 nitrogen and oxygen atoms in total. The van der Waals surface area contributed by atoms with Crippen LogP contribution in [0.5, 0.6) is 17.2 Å². The van der Waals surface area contributed by atoms with Crippen LogP contribution in [0.1, 0.15) is 11.1 Å². The first-order valence-corrected chi connectivity index (χ1v) is 12.0. The smallest absolute Gasteiger partial charge is 0.493 e. The maximum Gasteiger partial charge on any atom is 0.573 e. The summed E-state index contributed by atoms with van der Waals surface area (Å²) in [6.07, 6.45) is -2.82. The number of ether oxygens (including phenoxy) is 3. The van der Waals surface area contributed by atoms with E-state index in [-0.39, 0.29) is 5.69 Å². The maximum atomic E-state index is 12.8. The number of benzene rings is 3. The van der Waals surface area contributed by atoms with E-state index in [9.17, 15) is 21.6 Å². The predicted octanol–water partition coefficient (Wildman–Crippen LogP) is 5.54. The molecule has 11 heteroatoms. The third-order valence-electron chi connectivity index (χ3n) is 5.30. The summed E-state index contributed by atoms with van der Waals surface area (Å²) in [5.74, 6) is 0.318. The molecule has 0 unspecified atom stereocenters. The number of sulfonamides is 1. The number of hydrogen-bond donors (Lipinski definition) is 1. The highest BCUT2D eigenvalue weighted by atomic mass is 32.2. The number of fused-ring (bicyclic) bond motifs is 1. The molecule has 0 fully saturated rings. The summed E-state index contributed by atoms with van der Waals surface area (Å²) in [5, 5.41) is 0.876. The van der Waals surface area contributed by atoms with E-state index in [4.69, 9.17) is 9.47 Å². The summed E-state index contributed by atoms with van der Waals surface area (Å²) in [6.45, 7) is 0. The summed E-state index contributed by atoms with van der Waals surface area (Å²) in [4.78, 5) is 3.76. The average molecular weight is 519 g/mol. The second kappa shape index (κ2) is 9.94. The minimum absolute atomic E-state index is 0.187. The minimum Gasteiger partial charge on any atom is -0.493 e. The lowest BCUT2D eigenvalue weighted by molar-refractivity contribution is -0.275. The van der Waals surface area contributed by atoms with Crippen molar-refractivity contribution in [2.24, 2.45) is 0 Å². The van der Waals surface area contributed by atoms with Gasteiger partial charge in [0, 0.05) is 23.3 Å². The van der Waals surface area contributed by atoms with Crippen LogP contribution in [0, 0.1) is 0 Å². The van der Waals surface area contributed by atoms with Crippen molar-refractivity contribution in [1.29, 1.82) is 0 Å².